The monoisotopic (exact) mass is 324 g/mol. The average Bonchev–Trinajstić information content (AvgIpc) is 2.93. The van der Waals surface area contributed by atoms with Gasteiger partial charge in [-0.05, 0) is 37.3 Å². The van der Waals surface area contributed by atoms with E-state index in [1.165, 1.54) is 4.90 Å². The zero-order chi connectivity index (χ0) is 16.7. The summed E-state index contributed by atoms with van der Waals surface area (Å²) in [5, 5.41) is 11.7. The molecule has 1 heterocycles. The largest absolute Gasteiger partial charge is 0.383 e. The first-order chi connectivity index (χ1) is 10.8. The minimum atomic E-state index is -3.88. The Bertz CT molecular complexity index is 644. The quantitative estimate of drug-likeness (QED) is 0.875. The summed E-state index contributed by atoms with van der Waals surface area (Å²) in [6.45, 7) is -0.0484. The number of fused-ring (bicyclic) bond motifs is 1. The number of nitrogens with one attached hydrogen (secondary N) is 1. The van der Waals surface area contributed by atoms with Crippen LogP contribution in [0.15, 0.2) is 24.3 Å². The van der Waals surface area contributed by atoms with Gasteiger partial charge in [-0.1, -0.05) is 18.2 Å². The highest BCUT2D eigenvalue weighted by Gasteiger charge is 2.61. The molecule has 1 aliphatic carbocycles. The van der Waals surface area contributed by atoms with E-state index in [2.05, 4.69) is 0 Å². The first-order valence-electron chi connectivity index (χ1n) is 7.62. The molecule has 124 valence electrons. The highest BCUT2D eigenvalue weighted by atomic mass is 19.3. The third-order valence-electron chi connectivity index (χ3n) is 4.64. The standard InChI is InChI=1S/C16H18F2N2O3/c17-16(18,15(23)7-3-8-15)14(22)19-10-13(21)20-9-6-11-4-1-2-5-12(11)20/h1-2,4-5,23H,3,6-10H2,(H,19,22). The van der Waals surface area contributed by atoms with Crippen LogP contribution in [0.25, 0.3) is 0 Å². The molecule has 7 heteroatoms. The average molecular weight is 324 g/mol. The van der Waals surface area contributed by atoms with Gasteiger partial charge in [0.25, 0.3) is 5.91 Å². The lowest BCUT2D eigenvalue weighted by Crippen LogP contribution is -2.61. The lowest BCUT2D eigenvalue weighted by Gasteiger charge is -2.41. The molecule has 0 radical (unpaired) electrons. The minimum Gasteiger partial charge on any atom is -0.383 e. The van der Waals surface area contributed by atoms with E-state index in [1.807, 2.05) is 17.4 Å². The van der Waals surface area contributed by atoms with Crippen LogP contribution in [0.2, 0.25) is 0 Å². The molecule has 2 N–H and O–H groups in total. The lowest BCUT2D eigenvalue weighted by atomic mass is 9.75. The van der Waals surface area contributed by atoms with Gasteiger partial charge in [0.05, 0.1) is 6.54 Å². The Morgan fingerprint density at radius 2 is 2.00 bits per heavy atom. The molecule has 5 nitrogen and oxygen atoms in total. The molecule has 23 heavy (non-hydrogen) atoms. The van der Waals surface area contributed by atoms with Crippen molar-refractivity contribution in [2.75, 3.05) is 18.0 Å². The Labute approximate surface area is 132 Å². The van der Waals surface area contributed by atoms with Crippen molar-refractivity contribution in [2.24, 2.45) is 0 Å². The van der Waals surface area contributed by atoms with Crippen LogP contribution in [0, 0.1) is 0 Å². The lowest BCUT2D eigenvalue weighted by molar-refractivity contribution is -0.215. The van der Waals surface area contributed by atoms with Crippen LogP contribution in [0.4, 0.5) is 14.5 Å². The summed E-state index contributed by atoms with van der Waals surface area (Å²) in [6, 6.07) is 7.35. The number of alkyl halides is 2. The van der Waals surface area contributed by atoms with Crippen LogP contribution < -0.4 is 10.2 Å². The van der Waals surface area contributed by atoms with Crippen molar-refractivity contribution in [3.8, 4) is 0 Å². The Hall–Kier alpha value is -2.02. The smallest absolute Gasteiger partial charge is 0.352 e. The first kappa shape index (κ1) is 15.9. The third-order valence-corrected chi connectivity index (χ3v) is 4.64. The van der Waals surface area contributed by atoms with E-state index < -0.39 is 29.9 Å². The number of benzene rings is 1. The summed E-state index contributed by atoms with van der Waals surface area (Å²) in [5.41, 5.74) is -0.516. The Morgan fingerprint density at radius 1 is 1.30 bits per heavy atom. The van der Waals surface area contributed by atoms with E-state index in [0.717, 1.165) is 11.3 Å². The molecule has 0 aromatic heterocycles. The van der Waals surface area contributed by atoms with Crippen molar-refractivity contribution in [3.05, 3.63) is 29.8 Å². The molecule has 0 atom stereocenters. The fraction of sp³-hybridized carbons (Fsp3) is 0.500. The van der Waals surface area contributed by atoms with Gasteiger partial charge < -0.3 is 15.3 Å². The van der Waals surface area contributed by atoms with Gasteiger partial charge in [-0.25, -0.2) is 0 Å². The molecule has 1 aliphatic heterocycles. The maximum absolute atomic E-state index is 13.9. The summed E-state index contributed by atoms with van der Waals surface area (Å²) in [7, 11) is 0. The molecule has 1 aromatic carbocycles. The molecule has 3 rings (SSSR count). The van der Waals surface area contributed by atoms with E-state index in [4.69, 9.17) is 0 Å². The van der Waals surface area contributed by atoms with Gasteiger partial charge in [0.1, 0.15) is 5.60 Å². The van der Waals surface area contributed by atoms with E-state index in [9.17, 15) is 23.5 Å². The van der Waals surface area contributed by atoms with Gasteiger partial charge in [-0.15, -0.1) is 0 Å². The first-order valence-corrected chi connectivity index (χ1v) is 7.62. The van der Waals surface area contributed by atoms with Crippen LogP contribution in [0.3, 0.4) is 0 Å². The Morgan fingerprint density at radius 3 is 2.65 bits per heavy atom. The predicted molar refractivity (Wildman–Crippen MR) is 79.3 cm³/mol. The SMILES string of the molecule is O=C(CNC(=O)C(F)(F)C1(O)CCC1)N1CCc2ccccc21. The number of hydrogen-bond acceptors (Lipinski definition) is 3. The van der Waals surface area contributed by atoms with Gasteiger partial charge in [-0.2, -0.15) is 8.78 Å². The second-order valence-electron chi connectivity index (χ2n) is 6.07. The summed E-state index contributed by atoms with van der Waals surface area (Å²) in [6.07, 6.45) is 0.941. The highest BCUT2D eigenvalue weighted by molar-refractivity contribution is 5.99. The van der Waals surface area contributed by atoms with Crippen LogP contribution in [-0.4, -0.2) is 41.5 Å². The summed E-state index contributed by atoms with van der Waals surface area (Å²) < 4.78 is 27.9. The molecule has 2 aliphatic rings. The highest BCUT2D eigenvalue weighted by Crippen LogP contribution is 2.44. The van der Waals surface area contributed by atoms with Crippen molar-refractivity contribution in [3.63, 3.8) is 0 Å². The number of halogens is 2. The zero-order valence-electron chi connectivity index (χ0n) is 12.5. The van der Waals surface area contributed by atoms with Gasteiger partial charge in [0, 0.05) is 12.2 Å². The molecular formula is C16H18F2N2O3. The Kier molecular flexibility index (Phi) is 3.83. The van der Waals surface area contributed by atoms with Crippen LogP contribution >= 0.6 is 0 Å². The second kappa shape index (κ2) is 5.56. The van der Waals surface area contributed by atoms with Crippen molar-refractivity contribution in [1.29, 1.82) is 0 Å². The van der Waals surface area contributed by atoms with E-state index in [-0.39, 0.29) is 12.8 Å². The summed E-state index contributed by atoms with van der Waals surface area (Å²) in [5.74, 6) is -5.92. The predicted octanol–water partition coefficient (Wildman–Crippen LogP) is 1.24. The molecule has 1 aromatic rings. The van der Waals surface area contributed by atoms with Gasteiger partial charge in [-0.3, -0.25) is 9.59 Å². The van der Waals surface area contributed by atoms with E-state index in [1.54, 1.807) is 12.1 Å². The topological polar surface area (TPSA) is 69.6 Å². The van der Waals surface area contributed by atoms with Crippen molar-refractivity contribution >= 4 is 17.5 Å². The number of amides is 2. The van der Waals surface area contributed by atoms with E-state index in [0.29, 0.717) is 19.4 Å². The fourth-order valence-corrected chi connectivity index (χ4v) is 3.00. The number of para-hydroxylation sites is 1. The van der Waals surface area contributed by atoms with Gasteiger partial charge in [0.2, 0.25) is 5.91 Å². The van der Waals surface area contributed by atoms with Crippen molar-refractivity contribution in [1.82, 2.24) is 5.32 Å². The number of carbonyl (C=O) groups excluding carboxylic acids is 2. The number of carbonyl (C=O) groups is 2. The normalized spacial score (nSPS) is 19.0. The third kappa shape index (κ3) is 2.59. The number of nitrogens with zero attached hydrogens (tertiary/aromatic N) is 1. The summed E-state index contributed by atoms with van der Waals surface area (Å²) >= 11 is 0. The second-order valence-corrected chi connectivity index (χ2v) is 6.07. The Balaban J connectivity index is 1.61. The van der Waals surface area contributed by atoms with Crippen LogP contribution in [-0.2, 0) is 16.0 Å². The number of hydrogen-bond donors (Lipinski definition) is 2. The van der Waals surface area contributed by atoms with Crippen LogP contribution in [0.1, 0.15) is 24.8 Å². The molecule has 2 amide bonds. The molecule has 0 spiro atoms. The fourth-order valence-electron chi connectivity index (χ4n) is 3.00. The van der Waals surface area contributed by atoms with Gasteiger partial charge in [0.15, 0.2) is 0 Å². The maximum atomic E-state index is 13.9. The molecule has 0 bridgehead atoms. The van der Waals surface area contributed by atoms with Crippen molar-refractivity contribution < 1.29 is 23.5 Å². The molecular weight excluding hydrogens is 306 g/mol. The molecule has 1 fully saturated rings. The summed E-state index contributed by atoms with van der Waals surface area (Å²) in [4.78, 5) is 25.3. The minimum absolute atomic E-state index is 0.110. The van der Waals surface area contributed by atoms with E-state index >= 15 is 0 Å². The molecule has 0 unspecified atom stereocenters. The number of aliphatic hydroxyl groups is 1. The van der Waals surface area contributed by atoms with Gasteiger partial charge >= 0.3 is 5.92 Å². The maximum Gasteiger partial charge on any atom is 0.352 e. The zero-order valence-corrected chi connectivity index (χ0v) is 12.5. The van der Waals surface area contributed by atoms with Crippen LogP contribution in [0.5, 0.6) is 0 Å². The number of anilines is 1. The molecule has 1 saturated carbocycles. The molecule has 0 saturated heterocycles. The number of rotatable bonds is 4. The van der Waals surface area contributed by atoms with Crippen molar-refractivity contribution in [2.45, 2.75) is 37.2 Å².